The Bertz CT molecular complexity index is 982. The minimum atomic E-state index is -4.64. The number of thiol groups is 1. The largest absolute Gasteiger partial charge is 0.466 e. The molecule has 0 radical (unpaired) electrons. The first-order chi connectivity index (χ1) is 15.1. The first-order valence-electron chi connectivity index (χ1n) is 8.03. The number of anilines is 1. The maximum Gasteiger partial charge on any atom is 0.466 e. The number of imidazole rings is 1. The molecule has 1 fully saturated rings. The smallest absolute Gasteiger partial charge is 0.394 e. The molecule has 34 heavy (non-hydrogen) atoms. The van der Waals surface area contributed by atoms with Crippen molar-refractivity contribution in [2.75, 3.05) is 12.3 Å². The standard InChI is InChI=1S/C10H13N5O3S.3H3O4P/c11-8-5-9(13-2-12-8)15(3-14-5)10-7(19)6(17)4(1-16)18-10;3*1-5(2,3)4/h2-4,6-7,10,16-17,19H,1H2,(H2,11,12,13);3*(H3,1,2,3,4)/t4-,6-,7+,10-;;;/m1.../s1. The zero-order valence-corrected chi connectivity index (χ0v) is 20.0. The number of fused-ring (bicyclic) bond motifs is 1. The number of nitrogens with zero attached hydrogens (tertiary/aromatic N) is 4. The molecule has 0 amide bonds. The van der Waals surface area contributed by atoms with Gasteiger partial charge < -0.3 is 64.7 Å². The molecule has 198 valence electrons. The van der Waals surface area contributed by atoms with Crippen LogP contribution in [0.15, 0.2) is 12.7 Å². The minimum absolute atomic E-state index is 0.275. The van der Waals surface area contributed by atoms with Crippen LogP contribution in [0.3, 0.4) is 0 Å². The van der Waals surface area contributed by atoms with Crippen LogP contribution < -0.4 is 5.73 Å². The van der Waals surface area contributed by atoms with Crippen molar-refractivity contribution >= 4 is 53.1 Å². The molecule has 13 N–H and O–H groups in total. The van der Waals surface area contributed by atoms with Crippen molar-refractivity contribution < 1.29 is 72.7 Å². The van der Waals surface area contributed by atoms with Crippen LogP contribution in [-0.4, -0.2) is 97.8 Å². The summed E-state index contributed by atoms with van der Waals surface area (Å²) in [6.45, 7) is -0.279. The average Bonchev–Trinajstić information content (AvgIpc) is 3.13. The average molecular weight is 577 g/mol. The van der Waals surface area contributed by atoms with E-state index in [0.29, 0.717) is 11.2 Å². The molecule has 0 spiro atoms. The van der Waals surface area contributed by atoms with Crippen molar-refractivity contribution in [3.63, 3.8) is 0 Å². The third-order valence-corrected chi connectivity index (χ3v) is 3.74. The normalized spacial score (nSPS) is 22.6. The summed E-state index contributed by atoms with van der Waals surface area (Å²) in [5, 5.41) is 18.5. The number of aliphatic hydroxyl groups excluding tert-OH is 2. The minimum Gasteiger partial charge on any atom is -0.394 e. The van der Waals surface area contributed by atoms with Gasteiger partial charge >= 0.3 is 23.5 Å². The summed E-state index contributed by atoms with van der Waals surface area (Å²) in [5.74, 6) is 0.275. The lowest BCUT2D eigenvalue weighted by Gasteiger charge is -2.16. The Labute approximate surface area is 194 Å². The van der Waals surface area contributed by atoms with E-state index in [1.807, 2.05) is 0 Å². The summed E-state index contributed by atoms with van der Waals surface area (Å²) in [7, 11) is -13.9. The number of aliphatic hydroxyl groups is 2. The molecule has 3 rings (SSSR count). The lowest BCUT2D eigenvalue weighted by Crippen LogP contribution is -2.30. The molecule has 0 aromatic carbocycles. The van der Waals surface area contributed by atoms with Crippen molar-refractivity contribution in [1.29, 1.82) is 0 Å². The molecule has 0 unspecified atom stereocenters. The van der Waals surface area contributed by atoms with Gasteiger partial charge in [0, 0.05) is 0 Å². The number of hydrogen-bond acceptors (Lipinski definition) is 11. The Morgan fingerprint density at radius 3 is 1.76 bits per heavy atom. The number of hydrogen-bond donors (Lipinski definition) is 13. The SMILES string of the molecule is Nc1ncnc2c1ncn2[C@@H]1O[C@H](CO)[C@@H](O)[C@@H]1S.O=P(O)(O)O.O=P(O)(O)O.O=P(O)(O)O. The van der Waals surface area contributed by atoms with E-state index in [1.165, 1.54) is 12.7 Å². The van der Waals surface area contributed by atoms with Gasteiger partial charge in [-0.2, -0.15) is 12.6 Å². The quantitative estimate of drug-likeness (QED) is 0.120. The number of nitrogens with two attached hydrogens (primary N) is 1. The third kappa shape index (κ3) is 14.3. The van der Waals surface area contributed by atoms with Crippen LogP contribution in [0.25, 0.3) is 11.2 Å². The molecule has 20 nitrogen and oxygen atoms in total. The lowest BCUT2D eigenvalue weighted by atomic mass is 10.2. The second-order valence-electron chi connectivity index (χ2n) is 5.85. The number of ether oxygens (including phenoxy) is 1. The van der Waals surface area contributed by atoms with Gasteiger partial charge in [-0.3, -0.25) is 4.57 Å². The van der Waals surface area contributed by atoms with E-state index in [-0.39, 0.29) is 12.4 Å². The summed E-state index contributed by atoms with van der Waals surface area (Å²) in [5.41, 5.74) is 6.68. The molecule has 3 heterocycles. The second-order valence-corrected chi connectivity index (χ2v) is 9.53. The van der Waals surface area contributed by atoms with Crippen molar-refractivity contribution in [2.45, 2.75) is 23.7 Å². The highest BCUT2D eigenvalue weighted by Crippen LogP contribution is 2.34. The molecule has 4 atom stereocenters. The van der Waals surface area contributed by atoms with Gasteiger partial charge in [0.25, 0.3) is 0 Å². The van der Waals surface area contributed by atoms with Gasteiger partial charge in [-0.25, -0.2) is 28.6 Å². The molecule has 0 saturated carbocycles. The number of phosphoric acid groups is 3. The van der Waals surface area contributed by atoms with Gasteiger partial charge in [0.15, 0.2) is 17.7 Å². The van der Waals surface area contributed by atoms with Crippen molar-refractivity contribution in [3.8, 4) is 0 Å². The highest BCUT2D eigenvalue weighted by molar-refractivity contribution is 7.81. The second kappa shape index (κ2) is 13.3. The van der Waals surface area contributed by atoms with Crippen molar-refractivity contribution in [1.82, 2.24) is 19.5 Å². The van der Waals surface area contributed by atoms with Crippen LogP contribution in [0.1, 0.15) is 6.23 Å². The van der Waals surface area contributed by atoms with Gasteiger partial charge in [-0.05, 0) is 0 Å². The molecule has 1 saturated heterocycles. The van der Waals surface area contributed by atoms with Crippen LogP contribution in [-0.2, 0) is 18.4 Å². The first-order valence-corrected chi connectivity index (χ1v) is 13.2. The zero-order chi connectivity index (χ0) is 27.1. The molecular formula is C10H22N5O15P3S. The monoisotopic (exact) mass is 577 g/mol. The molecule has 1 aliphatic rings. The van der Waals surface area contributed by atoms with Crippen LogP contribution in [0, 0.1) is 0 Å². The fraction of sp³-hybridized carbons (Fsp3) is 0.500. The number of rotatable bonds is 2. The molecule has 24 heteroatoms. The highest BCUT2D eigenvalue weighted by Gasteiger charge is 2.42. The van der Waals surface area contributed by atoms with Gasteiger partial charge in [0.1, 0.15) is 17.9 Å². The Kier molecular flexibility index (Phi) is 12.9. The van der Waals surface area contributed by atoms with Crippen LogP contribution in [0.2, 0.25) is 0 Å². The Morgan fingerprint density at radius 2 is 1.38 bits per heavy atom. The molecule has 2 aromatic rings. The maximum atomic E-state index is 9.90. The van der Waals surface area contributed by atoms with E-state index < -0.39 is 47.2 Å². The maximum absolute atomic E-state index is 9.90. The molecule has 2 aromatic heterocycles. The summed E-state index contributed by atoms with van der Waals surface area (Å²) < 4.78 is 33.8. The van der Waals surface area contributed by atoms with Crippen LogP contribution >= 0.6 is 36.1 Å². The van der Waals surface area contributed by atoms with E-state index in [9.17, 15) is 5.11 Å². The number of nitrogen functional groups attached to an aromatic ring is 1. The molecular weight excluding hydrogens is 555 g/mol. The van der Waals surface area contributed by atoms with Crippen LogP contribution in [0.4, 0.5) is 5.82 Å². The Hall–Kier alpha value is -1.09. The first kappa shape index (κ1) is 32.9. The van der Waals surface area contributed by atoms with E-state index in [2.05, 4.69) is 27.6 Å². The summed E-state index contributed by atoms with van der Waals surface area (Å²) in [4.78, 5) is 76.8. The predicted octanol–water partition coefficient (Wildman–Crippen LogP) is -3.83. The fourth-order valence-electron chi connectivity index (χ4n) is 2.17. The Balaban J connectivity index is 0.000000599. The predicted molar refractivity (Wildman–Crippen MR) is 112 cm³/mol. The highest BCUT2D eigenvalue weighted by atomic mass is 32.1. The van der Waals surface area contributed by atoms with Gasteiger partial charge in [-0.1, -0.05) is 0 Å². The summed E-state index contributed by atoms with van der Waals surface area (Å²) in [6, 6.07) is 0. The fourth-order valence-corrected chi connectivity index (χ4v) is 2.57. The Morgan fingerprint density at radius 1 is 0.941 bits per heavy atom. The van der Waals surface area contributed by atoms with Crippen LogP contribution in [0.5, 0.6) is 0 Å². The van der Waals surface area contributed by atoms with Gasteiger partial charge in [0.05, 0.1) is 24.3 Å². The van der Waals surface area contributed by atoms with E-state index in [0.717, 1.165) is 0 Å². The van der Waals surface area contributed by atoms with E-state index in [4.69, 9.17) is 73.3 Å². The van der Waals surface area contributed by atoms with Crippen molar-refractivity contribution in [3.05, 3.63) is 12.7 Å². The zero-order valence-electron chi connectivity index (χ0n) is 16.4. The van der Waals surface area contributed by atoms with Gasteiger partial charge in [0.2, 0.25) is 0 Å². The molecule has 0 aliphatic carbocycles. The third-order valence-electron chi connectivity index (χ3n) is 3.18. The topological polar surface area (TPSA) is 353 Å². The summed E-state index contributed by atoms with van der Waals surface area (Å²) >= 11 is 4.32. The number of aromatic nitrogens is 4. The van der Waals surface area contributed by atoms with E-state index >= 15 is 0 Å². The summed E-state index contributed by atoms with van der Waals surface area (Å²) in [6.07, 6.45) is 0.725. The van der Waals surface area contributed by atoms with Gasteiger partial charge in [-0.15, -0.1) is 0 Å². The molecule has 0 bridgehead atoms. The van der Waals surface area contributed by atoms with E-state index in [1.54, 1.807) is 4.57 Å². The molecule has 1 aliphatic heterocycles. The lowest BCUT2D eigenvalue weighted by molar-refractivity contribution is -0.0430. The van der Waals surface area contributed by atoms with Crippen molar-refractivity contribution in [2.24, 2.45) is 0 Å².